The highest BCUT2D eigenvalue weighted by Gasteiger charge is 2.32. The minimum Gasteiger partial charge on any atom is -0.379 e. The quantitative estimate of drug-likeness (QED) is 0.351. The second-order valence-electron chi connectivity index (χ2n) is 7.68. The molecule has 0 saturated heterocycles. The van der Waals surface area contributed by atoms with E-state index in [1.54, 1.807) is 17.0 Å². The van der Waals surface area contributed by atoms with Gasteiger partial charge in [0, 0.05) is 19.1 Å². The molecule has 2 aromatic rings. The van der Waals surface area contributed by atoms with Crippen LogP contribution in [0.2, 0.25) is 0 Å². The van der Waals surface area contributed by atoms with E-state index in [9.17, 15) is 26.4 Å². The molecule has 182 valence electrons. The number of hydrogen-bond donors (Lipinski definition) is 1. The van der Waals surface area contributed by atoms with Gasteiger partial charge in [0.05, 0.1) is 5.56 Å². The number of unbranched alkanes of at least 4 members (excludes halogenated alkanes) is 1. The van der Waals surface area contributed by atoms with Crippen molar-refractivity contribution in [2.45, 2.75) is 63.7 Å². The van der Waals surface area contributed by atoms with Gasteiger partial charge < -0.3 is 14.4 Å². The molecule has 0 aliphatic rings. The SMILES string of the molecule is CCCCNC(=O)N(Cc1cccc(OS(=O)(=O)c2cccc(C(F)(F)F)c2)c1)C(C)CC. The molecule has 0 aliphatic carbocycles. The summed E-state index contributed by atoms with van der Waals surface area (Å²) in [5.74, 6) is -0.0552. The molecule has 6 nitrogen and oxygen atoms in total. The van der Waals surface area contributed by atoms with Gasteiger partial charge in [0.2, 0.25) is 0 Å². The molecule has 2 aromatic carbocycles. The number of carbonyl (C=O) groups excluding carboxylic acids is 1. The zero-order chi connectivity index (χ0) is 24.6. The monoisotopic (exact) mass is 486 g/mol. The van der Waals surface area contributed by atoms with Crippen molar-refractivity contribution in [1.29, 1.82) is 0 Å². The molecule has 0 saturated carbocycles. The Kier molecular flexibility index (Phi) is 9.16. The summed E-state index contributed by atoms with van der Waals surface area (Å²) in [6.45, 7) is 6.67. The second-order valence-corrected chi connectivity index (χ2v) is 9.23. The Morgan fingerprint density at radius 2 is 1.82 bits per heavy atom. The Morgan fingerprint density at radius 1 is 1.12 bits per heavy atom. The molecule has 0 aliphatic heterocycles. The predicted octanol–water partition coefficient (Wildman–Crippen LogP) is 5.58. The van der Waals surface area contributed by atoms with E-state index in [2.05, 4.69) is 5.32 Å². The fraction of sp³-hybridized carbons (Fsp3) is 0.435. The minimum absolute atomic E-state index is 0.0552. The number of amides is 2. The van der Waals surface area contributed by atoms with Crippen molar-refractivity contribution in [3.8, 4) is 5.75 Å². The highest BCUT2D eigenvalue weighted by molar-refractivity contribution is 7.87. The summed E-state index contributed by atoms with van der Waals surface area (Å²) in [5, 5.41) is 2.88. The molecular formula is C23H29F3N2O4S. The zero-order valence-corrected chi connectivity index (χ0v) is 19.7. The smallest absolute Gasteiger partial charge is 0.379 e. The Hall–Kier alpha value is -2.75. The van der Waals surface area contributed by atoms with Gasteiger partial charge in [-0.3, -0.25) is 0 Å². The van der Waals surface area contributed by atoms with Crippen LogP contribution in [0.15, 0.2) is 53.4 Å². The van der Waals surface area contributed by atoms with Crippen LogP contribution in [-0.4, -0.2) is 31.9 Å². The number of nitrogens with one attached hydrogen (secondary N) is 1. The second kappa shape index (κ2) is 11.4. The van der Waals surface area contributed by atoms with Gasteiger partial charge >= 0.3 is 22.3 Å². The lowest BCUT2D eigenvalue weighted by Crippen LogP contribution is -2.44. The Morgan fingerprint density at radius 3 is 2.45 bits per heavy atom. The summed E-state index contributed by atoms with van der Waals surface area (Å²) in [6, 6.07) is 9.22. The standard InChI is InChI=1S/C23H29F3N2O4S/c1-4-6-13-27-22(29)28(17(3)5-2)16-18-9-7-11-20(14-18)32-33(30,31)21-12-8-10-19(15-21)23(24,25)26/h7-12,14-15,17H,4-6,13,16H2,1-3H3,(H,27,29). The molecule has 0 bridgehead atoms. The number of halogens is 3. The lowest BCUT2D eigenvalue weighted by molar-refractivity contribution is -0.137. The maximum Gasteiger partial charge on any atom is 0.416 e. The van der Waals surface area contributed by atoms with Gasteiger partial charge in [-0.05, 0) is 55.7 Å². The third kappa shape index (κ3) is 7.66. The van der Waals surface area contributed by atoms with Gasteiger partial charge in [-0.15, -0.1) is 0 Å². The van der Waals surface area contributed by atoms with E-state index in [0.717, 1.165) is 37.5 Å². The van der Waals surface area contributed by atoms with Crippen LogP contribution in [0, 0.1) is 0 Å². The molecule has 1 unspecified atom stereocenters. The number of alkyl halides is 3. The van der Waals surface area contributed by atoms with Crippen LogP contribution in [0.25, 0.3) is 0 Å². The van der Waals surface area contributed by atoms with Crippen LogP contribution < -0.4 is 9.50 Å². The molecule has 0 aromatic heterocycles. The summed E-state index contributed by atoms with van der Waals surface area (Å²) in [5.41, 5.74) is -0.461. The molecule has 0 fully saturated rings. The largest absolute Gasteiger partial charge is 0.416 e. The van der Waals surface area contributed by atoms with E-state index in [1.165, 1.54) is 12.1 Å². The number of nitrogens with zero attached hydrogens (tertiary/aromatic N) is 1. The Bertz CT molecular complexity index is 1040. The van der Waals surface area contributed by atoms with Crippen LogP contribution in [0.4, 0.5) is 18.0 Å². The summed E-state index contributed by atoms with van der Waals surface area (Å²) >= 11 is 0. The molecule has 0 spiro atoms. The summed E-state index contributed by atoms with van der Waals surface area (Å²) < 4.78 is 69.0. The first-order valence-electron chi connectivity index (χ1n) is 10.7. The van der Waals surface area contributed by atoms with Crippen molar-refractivity contribution in [2.24, 2.45) is 0 Å². The van der Waals surface area contributed by atoms with Crippen molar-refractivity contribution in [2.75, 3.05) is 6.54 Å². The van der Waals surface area contributed by atoms with Crippen molar-refractivity contribution in [3.05, 3.63) is 59.7 Å². The fourth-order valence-electron chi connectivity index (χ4n) is 3.02. The van der Waals surface area contributed by atoms with Crippen LogP contribution in [0.3, 0.4) is 0 Å². The third-order valence-corrected chi connectivity index (χ3v) is 6.34. The predicted molar refractivity (Wildman–Crippen MR) is 119 cm³/mol. The fourth-order valence-corrected chi connectivity index (χ4v) is 3.99. The lowest BCUT2D eigenvalue weighted by atomic mass is 10.1. The first-order chi connectivity index (χ1) is 15.5. The number of urea groups is 1. The van der Waals surface area contributed by atoms with E-state index < -0.39 is 26.8 Å². The minimum atomic E-state index is -4.68. The van der Waals surface area contributed by atoms with Gasteiger partial charge in [0.25, 0.3) is 0 Å². The van der Waals surface area contributed by atoms with E-state index in [4.69, 9.17) is 4.18 Å². The van der Waals surface area contributed by atoms with Gasteiger partial charge in [0.15, 0.2) is 0 Å². The van der Waals surface area contributed by atoms with Gasteiger partial charge in [0.1, 0.15) is 10.6 Å². The van der Waals surface area contributed by atoms with Crippen molar-refractivity contribution in [1.82, 2.24) is 10.2 Å². The maximum atomic E-state index is 12.9. The highest BCUT2D eigenvalue weighted by Crippen LogP contribution is 2.31. The molecule has 33 heavy (non-hydrogen) atoms. The zero-order valence-electron chi connectivity index (χ0n) is 18.9. The Labute approximate surface area is 192 Å². The summed E-state index contributed by atoms with van der Waals surface area (Å²) in [6.07, 6.45) is -2.15. The van der Waals surface area contributed by atoms with Gasteiger partial charge in [-0.2, -0.15) is 21.6 Å². The molecule has 2 rings (SSSR count). The molecule has 0 heterocycles. The highest BCUT2D eigenvalue weighted by atomic mass is 32.2. The molecule has 1 atom stereocenters. The lowest BCUT2D eigenvalue weighted by Gasteiger charge is -2.29. The Balaban J connectivity index is 2.21. The van der Waals surface area contributed by atoms with E-state index in [-0.39, 0.29) is 24.4 Å². The first-order valence-corrected chi connectivity index (χ1v) is 12.1. The van der Waals surface area contributed by atoms with Crippen LogP contribution >= 0.6 is 0 Å². The van der Waals surface area contributed by atoms with E-state index >= 15 is 0 Å². The summed E-state index contributed by atoms with van der Waals surface area (Å²) in [7, 11) is -4.49. The van der Waals surface area contributed by atoms with E-state index in [0.29, 0.717) is 18.2 Å². The molecule has 2 amide bonds. The molecule has 10 heteroatoms. The van der Waals surface area contributed by atoms with Gasteiger partial charge in [-0.25, -0.2) is 4.79 Å². The average Bonchev–Trinajstić information content (AvgIpc) is 2.76. The van der Waals surface area contributed by atoms with Crippen molar-refractivity contribution >= 4 is 16.1 Å². The number of carbonyl (C=O) groups is 1. The first kappa shape index (κ1) is 26.5. The third-order valence-electron chi connectivity index (χ3n) is 5.10. The molecule has 1 N–H and O–H groups in total. The average molecular weight is 487 g/mol. The van der Waals surface area contributed by atoms with Crippen LogP contribution in [0.1, 0.15) is 51.2 Å². The normalized spacial score (nSPS) is 12.8. The van der Waals surface area contributed by atoms with Crippen molar-refractivity contribution in [3.63, 3.8) is 0 Å². The molecular weight excluding hydrogens is 457 g/mol. The molecule has 0 radical (unpaired) electrons. The number of rotatable bonds is 10. The summed E-state index contributed by atoms with van der Waals surface area (Å²) in [4.78, 5) is 13.7. The van der Waals surface area contributed by atoms with Crippen molar-refractivity contribution < 1.29 is 30.6 Å². The maximum absolute atomic E-state index is 12.9. The van der Waals surface area contributed by atoms with Crippen LogP contribution in [-0.2, 0) is 22.8 Å². The number of benzene rings is 2. The topological polar surface area (TPSA) is 75.7 Å². The van der Waals surface area contributed by atoms with Gasteiger partial charge in [-0.1, -0.05) is 38.5 Å². The van der Waals surface area contributed by atoms with Crippen LogP contribution in [0.5, 0.6) is 5.75 Å². The van der Waals surface area contributed by atoms with E-state index in [1.807, 2.05) is 20.8 Å². The number of hydrogen-bond acceptors (Lipinski definition) is 4.